The minimum Gasteiger partial charge on any atom is -0.381 e. The number of aromatic nitrogens is 2. The zero-order chi connectivity index (χ0) is 15.5. The van der Waals surface area contributed by atoms with Crippen LogP contribution < -0.4 is 10.5 Å². The van der Waals surface area contributed by atoms with E-state index in [-0.39, 0.29) is 15.5 Å². The van der Waals surface area contributed by atoms with Gasteiger partial charge >= 0.3 is 0 Å². The van der Waals surface area contributed by atoms with Crippen LogP contribution in [0.25, 0.3) is 0 Å². The summed E-state index contributed by atoms with van der Waals surface area (Å²) in [6.07, 6.45) is 8.89. The van der Waals surface area contributed by atoms with Gasteiger partial charge in [-0.3, -0.25) is 4.68 Å². The Labute approximate surface area is 130 Å². The highest BCUT2D eigenvalue weighted by atomic mass is 32.2. The predicted octanol–water partition coefficient (Wildman–Crippen LogP) is 1.83. The number of hydrogen-bond donors (Lipinski definition) is 2. The Kier molecular flexibility index (Phi) is 5.21. The molecule has 0 saturated heterocycles. The number of sulfonamides is 1. The summed E-state index contributed by atoms with van der Waals surface area (Å²) >= 11 is 1.75. The van der Waals surface area contributed by atoms with Crippen molar-refractivity contribution in [3.8, 4) is 0 Å². The van der Waals surface area contributed by atoms with Gasteiger partial charge in [-0.05, 0) is 25.5 Å². The van der Waals surface area contributed by atoms with Crippen LogP contribution in [0.2, 0.25) is 0 Å². The third kappa shape index (κ3) is 3.73. The van der Waals surface area contributed by atoms with Crippen molar-refractivity contribution in [1.29, 1.82) is 0 Å². The van der Waals surface area contributed by atoms with E-state index in [1.54, 1.807) is 16.4 Å². The maximum absolute atomic E-state index is 12.4. The Morgan fingerprint density at radius 1 is 1.48 bits per heavy atom. The topological polar surface area (TPSA) is 90.0 Å². The van der Waals surface area contributed by atoms with Gasteiger partial charge in [0, 0.05) is 24.0 Å². The van der Waals surface area contributed by atoms with Crippen molar-refractivity contribution in [3.63, 3.8) is 0 Å². The second-order valence-electron chi connectivity index (χ2n) is 5.56. The Hall–Kier alpha value is -0.730. The first-order valence-corrected chi connectivity index (χ1v) is 10.0. The van der Waals surface area contributed by atoms with Crippen LogP contribution >= 0.6 is 11.8 Å². The fraction of sp³-hybridized carbons (Fsp3) is 0.769. The van der Waals surface area contributed by atoms with Crippen molar-refractivity contribution in [3.05, 3.63) is 6.20 Å². The van der Waals surface area contributed by atoms with Crippen molar-refractivity contribution >= 4 is 27.6 Å². The molecule has 0 aromatic carbocycles. The summed E-state index contributed by atoms with van der Waals surface area (Å²) in [5.41, 5.74) is 5.75. The van der Waals surface area contributed by atoms with Crippen LogP contribution in [0, 0.1) is 0 Å². The number of rotatable bonds is 7. The summed E-state index contributed by atoms with van der Waals surface area (Å²) in [6.45, 7) is 3.12. The highest BCUT2D eigenvalue weighted by molar-refractivity contribution is 8.00. The molecule has 0 amide bonds. The first-order chi connectivity index (χ1) is 9.92. The highest BCUT2D eigenvalue weighted by Gasteiger charge is 2.34. The number of nitrogens with two attached hydrogens (primary N) is 1. The molecule has 120 valence electrons. The molecule has 0 bridgehead atoms. The van der Waals surface area contributed by atoms with E-state index >= 15 is 0 Å². The fourth-order valence-electron chi connectivity index (χ4n) is 2.75. The lowest BCUT2D eigenvalue weighted by Gasteiger charge is -2.26. The molecule has 21 heavy (non-hydrogen) atoms. The predicted molar refractivity (Wildman–Crippen MR) is 86.8 cm³/mol. The van der Waals surface area contributed by atoms with Crippen molar-refractivity contribution in [1.82, 2.24) is 14.5 Å². The second kappa shape index (κ2) is 6.58. The minimum absolute atomic E-state index is 0.0290. The van der Waals surface area contributed by atoms with E-state index in [0.29, 0.717) is 13.1 Å². The van der Waals surface area contributed by atoms with Gasteiger partial charge in [0.25, 0.3) is 0 Å². The number of hydrogen-bond acceptors (Lipinski definition) is 5. The van der Waals surface area contributed by atoms with E-state index in [4.69, 9.17) is 5.73 Å². The van der Waals surface area contributed by atoms with Gasteiger partial charge in [0.15, 0.2) is 5.82 Å². The molecule has 1 aliphatic carbocycles. The third-order valence-electron chi connectivity index (χ3n) is 4.03. The van der Waals surface area contributed by atoms with E-state index in [1.807, 2.05) is 13.2 Å². The molecule has 6 nitrogen and oxygen atoms in total. The van der Waals surface area contributed by atoms with Crippen molar-refractivity contribution in [2.75, 3.05) is 18.5 Å². The Morgan fingerprint density at radius 2 is 2.14 bits per heavy atom. The SMILES string of the molecule is CCCn1cc(S(=O)(=O)NCC2(SC)CCCC2)c(N)n1. The number of nitrogens with zero attached hydrogens (tertiary/aromatic N) is 2. The molecule has 0 aliphatic heterocycles. The summed E-state index contributed by atoms with van der Waals surface area (Å²) in [5.74, 6) is 0.0700. The molecule has 1 aromatic heterocycles. The zero-order valence-corrected chi connectivity index (χ0v) is 14.3. The molecule has 0 atom stereocenters. The molecule has 1 saturated carbocycles. The van der Waals surface area contributed by atoms with E-state index in [1.165, 1.54) is 19.0 Å². The molecule has 0 unspecified atom stereocenters. The van der Waals surface area contributed by atoms with Crippen LogP contribution in [-0.2, 0) is 16.6 Å². The first-order valence-electron chi connectivity index (χ1n) is 7.30. The third-order valence-corrected chi connectivity index (χ3v) is 6.87. The summed E-state index contributed by atoms with van der Waals surface area (Å²) in [5, 5.41) is 4.05. The lowest BCUT2D eigenvalue weighted by Crippen LogP contribution is -2.38. The molecule has 1 fully saturated rings. The monoisotopic (exact) mass is 332 g/mol. The summed E-state index contributed by atoms with van der Waals surface area (Å²) in [6, 6.07) is 0. The Morgan fingerprint density at radius 3 is 2.71 bits per heavy atom. The van der Waals surface area contributed by atoms with Gasteiger partial charge in [0.1, 0.15) is 4.90 Å². The first kappa shape index (κ1) is 16.6. The van der Waals surface area contributed by atoms with Crippen molar-refractivity contribution in [2.45, 2.75) is 55.2 Å². The number of thioether (sulfide) groups is 1. The molecule has 3 N–H and O–H groups in total. The largest absolute Gasteiger partial charge is 0.381 e. The van der Waals surface area contributed by atoms with Crippen LogP contribution in [-0.4, -0.2) is 35.7 Å². The van der Waals surface area contributed by atoms with Gasteiger partial charge in [-0.1, -0.05) is 19.8 Å². The van der Waals surface area contributed by atoms with Gasteiger partial charge in [-0.15, -0.1) is 0 Å². The summed E-state index contributed by atoms with van der Waals surface area (Å²) in [7, 11) is -3.60. The van der Waals surface area contributed by atoms with E-state index < -0.39 is 10.0 Å². The van der Waals surface area contributed by atoms with E-state index in [9.17, 15) is 8.42 Å². The smallest absolute Gasteiger partial charge is 0.245 e. The standard InChI is InChI=1S/C13H24N4O2S2/c1-3-8-17-9-11(12(14)16-17)21(18,19)15-10-13(20-2)6-4-5-7-13/h9,15H,3-8,10H2,1-2H3,(H2,14,16). The van der Waals surface area contributed by atoms with Crippen molar-refractivity contribution in [2.24, 2.45) is 0 Å². The molecule has 0 spiro atoms. The molecule has 1 heterocycles. The normalized spacial score (nSPS) is 18.2. The van der Waals surface area contributed by atoms with Crippen LogP contribution in [0.5, 0.6) is 0 Å². The number of nitrogens with one attached hydrogen (secondary N) is 1. The van der Waals surface area contributed by atoms with Crippen LogP contribution in [0.4, 0.5) is 5.82 Å². The Bertz CT molecular complexity index is 577. The maximum atomic E-state index is 12.4. The molecule has 1 aromatic rings. The lowest BCUT2D eigenvalue weighted by atomic mass is 10.1. The fourth-order valence-corrected chi connectivity index (χ4v) is 4.95. The molecular weight excluding hydrogens is 308 g/mol. The summed E-state index contributed by atoms with van der Waals surface area (Å²) in [4.78, 5) is 0.0881. The molecule has 0 radical (unpaired) electrons. The number of nitrogen functional groups attached to an aromatic ring is 1. The minimum atomic E-state index is -3.60. The summed E-state index contributed by atoms with van der Waals surface area (Å²) < 4.78 is 29.2. The highest BCUT2D eigenvalue weighted by Crippen LogP contribution is 2.39. The van der Waals surface area contributed by atoms with Crippen molar-refractivity contribution < 1.29 is 8.42 Å². The molecular formula is C13H24N4O2S2. The maximum Gasteiger partial charge on any atom is 0.245 e. The van der Waals surface area contributed by atoms with E-state index in [0.717, 1.165) is 19.3 Å². The average molecular weight is 332 g/mol. The average Bonchev–Trinajstić information content (AvgIpc) is 3.05. The zero-order valence-electron chi connectivity index (χ0n) is 12.6. The second-order valence-corrected chi connectivity index (χ2v) is 8.57. The quantitative estimate of drug-likeness (QED) is 0.795. The van der Waals surface area contributed by atoms with Crippen LogP contribution in [0.1, 0.15) is 39.0 Å². The molecule has 1 aliphatic rings. The van der Waals surface area contributed by atoms with Gasteiger partial charge in [-0.25, -0.2) is 13.1 Å². The van der Waals surface area contributed by atoms with E-state index in [2.05, 4.69) is 9.82 Å². The van der Waals surface area contributed by atoms with Gasteiger partial charge < -0.3 is 5.73 Å². The van der Waals surface area contributed by atoms with Crippen LogP contribution in [0.15, 0.2) is 11.1 Å². The van der Waals surface area contributed by atoms with Gasteiger partial charge in [-0.2, -0.15) is 16.9 Å². The van der Waals surface area contributed by atoms with Crippen LogP contribution in [0.3, 0.4) is 0 Å². The number of aryl methyl sites for hydroxylation is 1. The molecule has 8 heteroatoms. The van der Waals surface area contributed by atoms with Gasteiger partial charge in [0.2, 0.25) is 10.0 Å². The Balaban J connectivity index is 2.11. The number of anilines is 1. The lowest BCUT2D eigenvalue weighted by molar-refractivity contribution is 0.550. The molecule has 2 rings (SSSR count). The van der Waals surface area contributed by atoms with Gasteiger partial charge in [0.05, 0.1) is 0 Å².